The molecule has 5 nitrogen and oxygen atoms in total. The second-order valence-corrected chi connectivity index (χ2v) is 4.81. The van der Waals surface area contributed by atoms with Crippen LogP contribution in [0.2, 0.25) is 0 Å². The second-order valence-electron chi connectivity index (χ2n) is 4.81. The molecular weight excluding hydrogens is 206 g/mol. The largest absolute Gasteiger partial charge is 0.468 e. The molecule has 0 radical (unpaired) electrons. The van der Waals surface area contributed by atoms with E-state index in [1.54, 1.807) is 12.4 Å². The van der Waals surface area contributed by atoms with Gasteiger partial charge in [-0.3, -0.25) is 15.2 Å². The Kier molecular flexibility index (Phi) is 4.06. The zero-order valence-electron chi connectivity index (χ0n) is 10.2. The molecule has 1 aromatic heterocycles. The van der Waals surface area contributed by atoms with Gasteiger partial charge in [-0.25, -0.2) is 0 Å². The van der Waals surface area contributed by atoms with Gasteiger partial charge in [0.1, 0.15) is 6.04 Å². The van der Waals surface area contributed by atoms with Crippen LogP contribution >= 0.6 is 0 Å². The van der Waals surface area contributed by atoms with Gasteiger partial charge in [-0.15, -0.1) is 0 Å². The first-order valence-corrected chi connectivity index (χ1v) is 5.24. The molecule has 0 saturated heterocycles. The van der Waals surface area contributed by atoms with Crippen LogP contribution in [0.3, 0.4) is 0 Å². The second kappa shape index (κ2) is 5.12. The van der Waals surface area contributed by atoms with Crippen molar-refractivity contribution < 1.29 is 9.53 Å². The Morgan fingerprint density at radius 1 is 1.62 bits per heavy atom. The summed E-state index contributed by atoms with van der Waals surface area (Å²) in [5.74, 6) is -0.240. The number of rotatable bonds is 4. The van der Waals surface area contributed by atoms with Gasteiger partial charge in [0.15, 0.2) is 0 Å². The number of carbonyl (C=O) groups is 1. The lowest BCUT2D eigenvalue weighted by Crippen LogP contribution is -2.46. The molecule has 5 heteroatoms. The zero-order chi connectivity index (χ0) is 12.2. The lowest BCUT2D eigenvalue weighted by molar-refractivity contribution is -0.146. The number of hydrogen-bond donors (Lipinski definition) is 2. The van der Waals surface area contributed by atoms with Gasteiger partial charge in [-0.2, -0.15) is 5.10 Å². The van der Waals surface area contributed by atoms with Gasteiger partial charge in [0, 0.05) is 18.3 Å². The number of H-pyrrole nitrogens is 1. The molecule has 0 saturated carbocycles. The molecule has 2 N–H and O–H groups in total. The quantitative estimate of drug-likeness (QED) is 0.753. The van der Waals surface area contributed by atoms with E-state index in [0.717, 1.165) is 5.56 Å². The van der Waals surface area contributed by atoms with Crippen LogP contribution in [-0.2, 0) is 16.1 Å². The summed E-state index contributed by atoms with van der Waals surface area (Å²) in [6.45, 7) is 6.58. The van der Waals surface area contributed by atoms with E-state index < -0.39 is 0 Å². The number of carbonyl (C=O) groups excluding carboxylic acids is 1. The Balaban J connectivity index is 2.61. The minimum absolute atomic E-state index is 0.184. The number of esters is 1. The Morgan fingerprint density at radius 2 is 2.31 bits per heavy atom. The Bertz CT molecular complexity index is 327. The molecule has 1 heterocycles. The van der Waals surface area contributed by atoms with Crippen molar-refractivity contribution in [2.24, 2.45) is 5.41 Å². The van der Waals surface area contributed by atoms with Crippen LogP contribution in [-0.4, -0.2) is 29.3 Å². The molecule has 90 valence electrons. The highest BCUT2D eigenvalue weighted by Gasteiger charge is 2.31. The Labute approximate surface area is 95.6 Å². The Hall–Kier alpha value is -1.36. The highest BCUT2D eigenvalue weighted by Crippen LogP contribution is 2.20. The van der Waals surface area contributed by atoms with Crippen LogP contribution < -0.4 is 5.32 Å². The van der Waals surface area contributed by atoms with Crippen LogP contribution in [0.5, 0.6) is 0 Å². The van der Waals surface area contributed by atoms with Crippen molar-refractivity contribution in [1.29, 1.82) is 0 Å². The summed E-state index contributed by atoms with van der Waals surface area (Å²) in [5.41, 5.74) is 0.828. The van der Waals surface area contributed by atoms with E-state index in [1.165, 1.54) is 7.11 Å². The van der Waals surface area contributed by atoms with Crippen molar-refractivity contribution in [3.8, 4) is 0 Å². The van der Waals surface area contributed by atoms with Gasteiger partial charge in [0.2, 0.25) is 0 Å². The molecule has 0 aliphatic carbocycles. The van der Waals surface area contributed by atoms with E-state index in [4.69, 9.17) is 4.74 Å². The lowest BCUT2D eigenvalue weighted by Gasteiger charge is -2.29. The molecule has 0 bridgehead atoms. The predicted octanol–water partition coefficient (Wildman–Crippen LogP) is 1.09. The van der Waals surface area contributed by atoms with Crippen molar-refractivity contribution in [1.82, 2.24) is 15.5 Å². The van der Waals surface area contributed by atoms with E-state index in [1.807, 2.05) is 20.8 Å². The average Bonchev–Trinajstić information content (AvgIpc) is 2.68. The third kappa shape index (κ3) is 3.34. The monoisotopic (exact) mass is 225 g/mol. The van der Waals surface area contributed by atoms with Crippen LogP contribution in [0, 0.1) is 5.41 Å². The molecule has 16 heavy (non-hydrogen) atoms. The average molecular weight is 225 g/mol. The summed E-state index contributed by atoms with van der Waals surface area (Å²) in [6, 6.07) is -0.326. The van der Waals surface area contributed by atoms with Crippen molar-refractivity contribution in [3.63, 3.8) is 0 Å². The number of nitrogens with zero attached hydrogens (tertiary/aromatic N) is 1. The number of ether oxygens (including phenoxy) is 1. The zero-order valence-corrected chi connectivity index (χ0v) is 10.2. The van der Waals surface area contributed by atoms with Gasteiger partial charge >= 0.3 is 5.97 Å². The minimum atomic E-state index is -0.326. The maximum absolute atomic E-state index is 11.6. The third-order valence-electron chi connectivity index (χ3n) is 2.37. The standard InChI is InChI=1S/C11H19N3O2/c1-11(2,3)9(10(15)16-4)12-5-8-6-13-14-7-8/h6-7,9,12H,5H2,1-4H3,(H,13,14)/t9-/m1/s1. The minimum Gasteiger partial charge on any atom is -0.468 e. The summed E-state index contributed by atoms with van der Waals surface area (Å²) < 4.78 is 4.78. The maximum Gasteiger partial charge on any atom is 0.323 e. The fraction of sp³-hybridized carbons (Fsp3) is 0.636. The molecule has 0 aliphatic heterocycles. The molecule has 0 aromatic carbocycles. The van der Waals surface area contributed by atoms with Crippen molar-refractivity contribution in [2.45, 2.75) is 33.4 Å². The summed E-state index contributed by atoms with van der Waals surface area (Å²) >= 11 is 0. The smallest absolute Gasteiger partial charge is 0.323 e. The summed E-state index contributed by atoms with van der Waals surface area (Å²) in [4.78, 5) is 11.6. The first-order chi connectivity index (χ1) is 7.45. The van der Waals surface area contributed by atoms with Crippen LogP contribution in [0.25, 0.3) is 0 Å². The highest BCUT2D eigenvalue weighted by atomic mass is 16.5. The van der Waals surface area contributed by atoms with E-state index in [-0.39, 0.29) is 17.4 Å². The molecular formula is C11H19N3O2. The van der Waals surface area contributed by atoms with Crippen LogP contribution in [0.15, 0.2) is 12.4 Å². The van der Waals surface area contributed by atoms with Crippen LogP contribution in [0.4, 0.5) is 0 Å². The van der Waals surface area contributed by atoms with Crippen molar-refractivity contribution >= 4 is 5.97 Å². The molecule has 1 atom stereocenters. The lowest BCUT2D eigenvalue weighted by atomic mass is 9.86. The molecule has 0 fully saturated rings. The summed E-state index contributed by atoms with van der Waals surface area (Å²) in [7, 11) is 1.40. The number of aromatic amines is 1. The SMILES string of the molecule is COC(=O)[C@@H](NCc1cn[nH]c1)C(C)(C)C. The van der Waals surface area contributed by atoms with Crippen molar-refractivity contribution in [2.75, 3.05) is 7.11 Å². The third-order valence-corrected chi connectivity index (χ3v) is 2.37. The first-order valence-electron chi connectivity index (χ1n) is 5.24. The van der Waals surface area contributed by atoms with Gasteiger partial charge in [-0.1, -0.05) is 20.8 Å². The topological polar surface area (TPSA) is 67.0 Å². The Morgan fingerprint density at radius 3 is 2.75 bits per heavy atom. The van der Waals surface area contributed by atoms with E-state index in [9.17, 15) is 4.79 Å². The van der Waals surface area contributed by atoms with E-state index in [2.05, 4.69) is 15.5 Å². The fourth-order valence-corrected chi connectivity index (χ4v) is 1.46. The number of methoxy groups -OCH3 is 1. The van der Waals surface area contributed by atoms with Gasteiger partial charge in [0.25, 0.3) is 0 Å². The predicted molar refractivity (Wildman–Crippen MR) is 60.7 cm³/mol. The van der Waals surface area contributed by atoms with E-state index in [0.29, 0.717) is 6.54 Å². The molecule has 0 spiro atoms. The van der Waals surface area contributed by atoms with Crippen LogP contribution in [0.1, 0.15) is 26.3 Å². The summed E-state index contributed by atoms with van der Waals surface area (Å²) in [6.07, 6.45) is 3.52. The fourth-order valence-electron chi connectivity index (χ4n) is 1.46. The van der Waals surface area contributed by atoms with Gasteiger partial charge in [-0.05, 0) is 5.41 Å². The molecule has 1 aromatic rings. The van der Waals surface area contributed by atoms with Gasteiger partial charge < -0.3 is 4.74 Å². The molecule has 1 rings (SSSR count). The molecule has 0 unspecified atom stereocenters. The number of hydrogen-bond acceptors (Lipinski definition) is 4. The molecule has 0 aliphatic rings. The van der Waals surface area contributed by atoms with E-state index >= 15 is 0 Å². The maximum atomic E-state index is 11.6. The number of nitrogens with one attached hydrogen (secondary N) is 2. The highest BCUT2D eigenvalue weighted by molar-refractivity contribution is 5.76. The summed E-state index contributed by atoms with van der Waals surface area (Å²) in [5, 5.41) is 9.75. The van der Waals surface area contributed by atoms with Gasteiger partial charge in [0.05, 0.1) is 13.3 Å². The normalized spacial score (nSPS) is 13.5. The van der Waals surface area contributed by atoms with Crippen molar-refractivity contribution in [3.05, 3.63) is 18.0 Å². The first kappa shape index (κ1) is 12.7. The molecule has 0 amide bonds. The number of aromatic nitrogens is 2.